The molecule has 0 spiro atoms. The zero-order chi connectivity index (χ0) is 19.9. The van der Waals surface area contributed by atoms with E-state index < -0.39 is 5.56 Å². The lowest BCUT2D eigenvalue weighted by Crippen LogP contribution is -2.18. The van der Waals surface area contributed by atoms with Crippen molar-refractivity contribution in [1.29, 1.82) is 0 Å². The van der Waals surface area contributed by atoms with E-state index in [1.165, 1.54) is 11.8 Å². The smallest absolute Gasteiger partial charge is 0.293 e. The number of ether oxygens (including phenoxy) is 2. The predicted molar refractivity (Wildman–Crippen MR) is 110 cm³/mol. The first-order valence-corrected chi connectivity index (χ1v) is 9.14. The second kappa shape index (κ2) is 9.09. The second-order valence-corrected chi connectivity index (χ2v) is 6.37. The Morgan fingerprint density at radius 3 is 2.68 bits per heavy atom. The fraction of sp³-hybridized carbons (Fsp3) is 0.200. The maximum atomic E-state index is 11.8. The molecule has 28 heavy (non-hydrogen) atoms. The zero-order valence-corrected chi connectivity index (χ0v) is 16.4. The van der Waals surface area contributed by atoms with Crippen LogP contribution in [0.15, 0.2) is 58.6 Å². The zero-order valence-electron chi connectivity index (χ0n) is 15.6. The third kappa shape index (κ3) is 4.92. The molecule has 3 aromatic rings. The summed E-state index contributed by atoms with van der Waals surface area (Å²) in [7, 11) is 0. The number of hydrogen-bond acceptors (Lipinski definition) is 6. The van der Waals surface area contributed by atoms with E-state index in [0.717, 1.165) is 22.0 Å². The van der Waals surface area contributed by atoms with Crippen molar-refractivity contribution in [1.82, 2.24) is 14.9 Å². The van der Waals surface area contributed by atoms with Gasteiger partial charge in [-0.25, -0.2) is 0 Å². The van der Waals surface area contributed by atoms with Crippen molar-refractivity contribution in [2.45, 2.75) is 20.5 Å². The molecule has 0 fully saturated rings. The van der Waals surface area contributed by atoms with Gasteiger partial charge in [-0.15, -0.1) is 0 Å². The maximum absolute atomic E-state index is 11.8. The average molecular weight is 396 g/mol. The third-order valence-electron chi connectivity index (χ3n) is 3.84. The molecule has 1 aromatic heterocycles. The van der Waals surface area contributed by atoms with Crippen molar-refractivity contribution >= 4 is 18.4 Å². The van der Waals surface area contributed by atoms with Crippen LogP contribution in [0.1, 0.15) is 23.6 Å². The Morgan fingerprint density at radius 2 is 1.96 bits per heavy atom. The fourth-order valence-corrected chi connectivity index (χ4v) is 2.61. The number of H-pyrrole nitrogens is 1. The largest absolute Gasteiger partial charge is 0.490 e. The SMILES string of the molecule is CCOc1cc(/C=N/n2c(=O)cn[nH]c2=S)ccc1OCc1ccc(C)cc1. The van der Waals surface area contributed by atoms with Gasteiger partial charge in [0.25, 0.3) is 5.56 Å². The van der Waals surface area contributed by atoms with Crippen LogP contribution in [-0.4, -0.2) is 27.7 Å². The quantitative estimate of drug-likeness (QED) is 0.488. The Bertz CT molecular complexity index is 1060. The molecule has 2 aromatic carbocycles. The summed E-state index contributed by atoms with van der Waals surface area (Å²) in [6.07, 6.45) is 2.64. The first-order valence-electron chi connectivity index (χ1n) is 8.73. The molecule has 7 nitrogen and oxygen atoms in total. The molecule has 0 aliphatic heterocycles. The van der Waals surface area contributed by atoms with Crippen LogP contribution in [0.3, 0.4) is 0 Å². The number of nitrogens with one attached hydrogen (secondary N) is 1. The minimum Gasteiger partial charge on any atom is -0.490 e. The molecule has 0 aliphatic carbocycles. The van der Waals surface area contributed by atoms with Crippen LogP contribution < -0.4 is 15.0 Å². The highest BCUT2D eigenvalue weighted by atomic mass is 32.1. The molecule has 0 amide bonds. The Labute approximate surface area is 167 Å². The molecular weight excluding hydrogens is 376 g/mol. The molecule has 8 heteroatoms. The van der Waals surface area contributed by atoms with Crippen LogP contribution in [0.4, 0.5) is 0 Å². The van der Waals surface area contributed by atoms with Crippen LogP contribution in [0.25, 0.3) is 0 Å². The molecular formula is C20H20N4O3S. The molecule has 144 valence electrons. The standard InChI is InChI=1S/C20H20N4O3S/c1-3-26-18-10-16(11-22-24-19(25)12-21-23-20(24)28)8-9-17(18)27-13-15-6-4-14(2)5-7-15/h4-12H,3,13H2,1-2H3,(H,23,28)/b22-11+. The maximum Gasteiger partial charge on any atom is 0.293 e. The highest BCUT2D eigenvalue weighted by Crippen LogP contribution is 2.29. The molecule has 3 rings (SSSR count). The van der Waals surface area contributed by atoms with E-state index in [9.17, 15) is 4.79 Å². The Balaban J connectivity index is 1.80. The van der Waals surface area contributed by atoms with Crippen LogP contribution in [0.5, 0.6) is 11.5 Å². The van der Waals surface area contributed by atoms with Gasteiger partial charge in [0.2, 0.25) is 4.77 Å². The minimum atomic E-state index is -0.414. The lowest BCUT2D eigenvalue weighted by molar-refractivity contribution is 0.269. The third-order valence-corrected chi connectivity index (χ3v) is 4.11. The second-order valence-electron chi connectivity index (χ2n) is 5.98. The number of hydrogen-bond donors (Lipinski definition) is 1. The average Bonchev–Trinajstić information content (AvgIpc) is 2.68. The number of aromatic amines is 1. The van der Waals surface area contributed by atoms with Crippen molar-refractivity contribution < 1.29 is 9.47 Å². The normalized spacial score (nSPS) is 10.9. The van der Waals surface area contributed by atoms with Crippen molar-refractivity contribution in [3.63, 3.8) is 0 Å². The van der Waals surface area contributed by atoms with E-state index in [-0.39, 0.29) is 4.77 Å². The highest BCUT2D eigenvalue weighted by molar-refractivity contribution is 7.71. The van der Waals surface area contributed by atoms with Gasteiger partial charge in [-0.05, 0) is 55.4 Å². The first-order chi connectivity index (χ1) is 13.6. The molecule has 0 unspecified atom stereocenters. The van der Waals surface area contributed by atoms with Gasteiger partial charge in [-0.1, -0.05) is 29.8 Å². The van der Waals surface area contributed by atoms with Crippen LogP contribution >= 0.6 is 12.2 Å². The van der Waals surface area contributed by atoms with Gasteiger partial charge in [-0.3, -0.25) is 9.89 Å². The van der Waals surface area contributed by atoms with Gasteiger partial charge in [0.05, 0.1) is 12.8 Å². The summed E-state index contributed by atoms with van der Waals surface area (Å²) in [5, 5.41) is 10.3. The summed E-state index contributed by atoms with van der Waals surface area (Å²) in [5.41, 5.74) is 2.60. The van der Waals surface area contributed by atoms with Gasteiger partial charge in [0.15, 0.2) is 11.5 Å². The number of aryl methyl sites for hydroxylation is 1. The summed E-state index contributed by atoms with van der Waals surface area (Å²) in [5.74, 6) is 1.24. The van der Waals surface area contributed by atoms with Gasteiger partial charge in [-0.2, -0.15) is 14.9 Å². The lowest BCUT2D eigenvalue weighted by atomic mass is 10.2. The molecule has 0 bridgehead atoms. The van der Waals surface area contributed by atoms with Crippen molar-refractivity contribution in [2.75, 3.05) is 6.61 Å². The Morgan fingerprint density at radius 1 is 1.18 bits per heavy atom. The molecule has 0 aliphatic rings. The first kappa shape index (κ1) is 19.5. The van der Waals surface area contributed by atoms with Crippen molar-refractivity contribution in [2.24, 2.45) is 5.10 Å². The van der Waals surface area contributed by atoms with Crippen LogP contribution in [-0.2, 0) is 6.61 Å². The van der Waals surface area contributed by atoms with Gasteiger partial charge < -0.3 is 9.47 Å². The minimum absolute atomic E-state index is 0.117. The summed E-state index contributed by atoms with van der Waals surface area (Å²) in [4.78, 5) is 11.8. The van der Waals surface area contributed by atoms with E-state index in [0.29, 0.717) is 24.7 Å². The topological polar surface area (TPSA) is 81.5 Å². The van der Waals surface area contributed by atoms with Gasteiger partial charge in [0.1, 0.15) is 12.8 Å². The van der Waals surface area contributed by atoms with E-state index in [1.807, 2.05) is 50.2 Å². The van der Waals surface area contributed by atoms with Crippen molar-refractivity contribution in [3.8, 4) is 11.5 Å². The molecule has 0 saturated carbocycles. The summed E-state index contributed by atoms with van der Waals surface area (Å²) in [6.45, 7) is 4.89. The lowest BCUT2D eigenvalue weighted by Gasteiger charge is -2.12. The molecule has 0 radical (unpaired) electrons. The molecule has 1 heterocycles. The summed E-state index contributed by atoms with van der Waals surface area (Å²) < 4.78 is 12.8. The Kier molecular flexibility index (Phi) is 6.33. The number of rotatable bonds is 7. The highest BCUT2D eigenvalue weighted by Gasteiger charge is 2.07. The Hall–Kier alpha value is -3.26. The number of benzene rings is 2. The van der Waals surface area contributed by atoms with E-state index in [1.54, 1.807) is 6.07 Å². The molecule has 1 N–H and O–H groups in total. The number of aromatic nitrogens is 3. The van der Waals surface area contributed by atoms with Crippen LogP contribution in [0, 0.1) is 11.7 Å². The van der Waals surface area contributed by atoms with Crippen LogP contribution in [0.2, 0.25) is 0 Å². The summed E-state index contributed by atoms with van der Waals surface area (Å²) >= 11 is 5.02. The van der Waals surface area contributed by atoms with Gasteiger partial charge >= 0.3 is 0 Å². The fourth-order valence-electron chi connectivity index (χ4n) is 2.42. The monoisotopic (exact) mass is 396 g/mol. The van der Waals surface area contributed by atoms with E-state index in [4.69, 9.17) is 21.7 Å². The van der Waals surface area contributed by atoms with E-state index >= 15 is 0 Å². The molecule has 0 saturated heterocycles. The van der Waals surface area contributed by atoms with Crippen molar-refractivity contribution in [3.05, 3.63) is 80.5 Å². The predicted octanol–water partition coefficient (Wildman–Crippen LogP) is 3.47. The number of nitrogens with zero attached hydrogens (tertiary/aromatic N) is 3. The molecule has 0 atom stereocenters. The van der Waals surface area contributed by atoms with E-state index in [2.05, 4.69) is 15.3 Å². The summed E-state index contributed by atoms with van der Waals surface area (Å²) in [6, 6.07) is 13.6. The van der Waals surface area contributed by atoms with Gasteiger partial charge in [0, 0.05) is 0 Å².